The second kappa shape index (κ2) is 3.25. The lowest BCUT2D eigenvalue weighted by Crippen LogP contribution is -2.00. The van der Waals surface area contributed by atoms with E-state index in [0.717, 1.165) is 5.92 Å². The topological polar surface area (TPSA) is 0 Å². The summed E-state index contributed by atoms with van der Waals surface area (Å²) in [6, 6.07) is 0. The van der Waals surface area contributed by atoms with Crippen molar-refractivity contribution in [2.45, 2.75) is 38.5 Å². The van der Waals surface area contributed by atoms with Gasteiger partial charge >= 0.3 is 0 Å². The van der Waals surface area contributed by atoms with E-state index >= 15 is 0 Å². The average molecular weight is 148 g/mol. The van der Waals surface area contributed by atoms with E-state index in [1.165, 1.54) is 38.5 Å². The van der Waals surface area contributed by atoms with E-state index in [2.05, 4.69) is 18.2 Å². The standard InChI is InChI=1S/C11H16/c1-2-4-7-11-9-5-8-10(11)6-3-1/h1-2,8,11H,3-7,9H2/t11-/m1/s1. The molecule has 0 spiro atoms. The molecule has 0 heterocycles. The van der Waals surface area contributed by atoms with Crippen LogP contribution in [-0.4, -0.2) is 0 Å². The van der Waals surface area contributed by atoms with Crippen LogP contribution in [0.25, 0.3) is 0 Å². The summed E-state index contributed by atoms with van der Waals surface area (Å²) < 4.78 is 0. The third kappa shape index (κ3) is 1.55. The number of allylic oxidation sites excluding steroid dienone is 4. The number of hydrogen-bond acceptors (Lipinski definition) is 0. The Kier molecular flexibility index (Phi) is 2.11. The van der Waals surface area contributed by atoms with E-state index in [1.54, 1.807) is 5.57 Å². The fourth-order valence-corrected chi connectivity index (χ4v) is 2.24. The Labute approximate surface area is 69.0 Å². The third-order valence-corrected chi connectivity index (χ3v) is 2.89. The summed E-state index contributed by atoms with van der Waals surface area (Å²) in [6.07, 6.45) is 15.3. The highest BCUT2D eigenvalue weighted by Gasteiger charge is 2.18. The number of rotatable bonds is 0. The lowest BCUT2D eigenvalue weighted by molar-refractivity contribution is 0.538. The Hall–Kier alpha value is -0.520. The van der Waals surface area contributed by atoms with Crippen molar-refractivity contribution in [2.75, 3.05) is 0 Å². The van der Waals surface area contributed by atoms with Gasteiger partial charge in [0.2, 0.25) is 0 Å². The first-order chi connectivity index (χ1) is 5.47. The van der Waals surface area contributed by atoms with Gasteiger partial charge < -0.3 is 0 Å². The lowest BCUT2D eigenvalue weighted by Gasteiger charge is -2.15. The molecule has 0 aromatic heterocycles. The molecular formula is C11H16. The van der Waals surface area contributed by atoms with Crippen LogP contribution in [0.3, 0.4) is 0 Å². The largest absolute Gasteiger partial charge is 0.0885 e. The molecule has 0 saturated carbocycles. The minimum atomic E-state index is 0.958. The Morgan fingerprint density at radius 3 is 2.82 bits per heavy atom. The van der Waals surface area contributed by atoms with Crippen LogP contribution in [-0.2, 0) is 0 Å². The smallest absolute Gasteiger partial charge is 0.0197 e. The maximum atomic E-state index is 2.48. The van der Waals surface area contributed by atoms with Gasteiger partial charge in [-0.1, -0.05) is 23.8 Å². The summed E-state index contributed by atoms with van der Waals surface area (Å²) in [6.45, 7) is 0. The molecule has 0 aliphatic heterocycles. The molecule has 1 atom stereocenters. The minimum absolute atomic E-state index is 0.958. The van der Waals surface area contributed by atoms with Crippen molar-refractivity contribution < 1.29 is 0 Å². The summed E-state index contributed by atoms with van der Waals surface area (Å²) in [5, 5.41) is 0. The molecule has 0 bridgehead atoms. The van der Waals surface area contributed by atoms with Crippen molar-refractivity contribution >= 4 is 0 Å². The lowest BCUT2D eigenvalue weighted by atomic mass is 9.91. The summed E-state index contributed by atoms with van der Waals surface area (Å²) in [7, 11) is 0. The van der Waals surface area contributed by atoms with E-state index in [-0.39, 0.29) is 0 Å². The highest BCUT2D eigenvalue weighted by molar-refractivity contribution is 5.14. The maximum absolute atomic E-state index is 2.48. The fourth-order valence-electron chi connectivity index (χ4n) is 2.24. The molecule has 0 heteroatoms. The van der Waals surface area contributed by atoms with E-state index in [4.69, 9.17) is 0 Å². The molecule has 0 amide bonds. The molecule has 0 nitrogen and oxygen atoms in total. The Morgan fingerprint density at radius 1 is 1.00 bits per heavy atom. The van der Waals surface area contributed by atoms with Gasteiger partial charge in [-0.3, -0.25) is 0 Å². The number of hydrogen-bond donors (Lipinski definition) is 0. The van der Waals surface area contributed by atoms with E-state index < -0.39 is 0 Å². The molecule has 60 valence electrons. The predicted molar refractivity (Wildman–Crippen MR) is 48.4 cm³/mol. The van der Waals surface area contributed by atoms with Gasteiger partial charge in [0, 0.05) is 0 Å². The van der Waals surface area contributed by atoms with Gasteiger partial charge in [0.05, 0.1) is 0 Å². The minimum Gasteiger partial charge on any atom is -0.0885 e. The van der Waals surface area contributed by atoms with Crippen LogP contribution in [0.1, 0.15) is 38.5 Å². The van der Waals surface area contributed by atoms with Gasteiger partial charge in [-0.2, -0.15) is 0 Å². The van der Waals surface area contributed by atoms with E-state index in [0.29, 0.717) is 0 Å². The zero-order valence-corrected chi connectivity index (χ0v) is 7.05. The Balaban J connectivity index is 2.06. The van der Waals surface area contributed by atoms with Crippen molar-refractivity contribution in [1.29, 1.82) is 0 Å². The highest BCUT2D eigenvalue weighted by Crippen LogP contribution is 2.33. The van der Waals surface area contributed by atoms with Gasteiger partial charge in [0.1, 0.15) is 0 Å². The second-order valence-electron chi connectivity index (χ2n) is 3.64. The summed E-state index contributed by atoms with van der Waals surface area (Å²) >= 11 is 0. The third-order valence-electron chi connectivity index (χ3n) is 2.89. The van der Waals surface area contributed by atoms with Crippen molar-refractivity contribution in [2.24, 2.45) is 5.92 Å². The Bertz CT molecular complexity index is 186. The first-order valence-electron chi connectivity index (χ1n) is 4.81. The van der Waals surface area contributed by atoms with Crippen molar-refractivity contribution in [3.05, 3.63) is 23.8 Å². The molecule has 2 rings (SSSR count). The maximum Gasteiger partial charge on any atom is -0.0197 e. The van der Waals surface area contributed by atoms with Gasteiger partial charge in [0.25, 0.3) is 0 Å². The molecule has 2 aliphatic rings. The molecule has 0 aromatic carbocycles. The second-order valence-corrected chi connectivity index (χ2v) is 3.64. The molecular weight excluding hydrogens is 132 g/mol. The summed E-state index contributed by atoms with van der Waals surface area (Å²) in [4.78, 5) is 0. The molecule has 0 radical (unpaired) electrons. The number of fused-ring (bicyclic) bond motifs is 1. The van der Waals surface area contributed by atoms with Crippen LogP contribution in [0, 0.1) is 5.92 Å². The first-order valence-corrected chi connectivity index (χ1v) is 4.81. The highest BCUT2D eigenvalue weighted by atomic mass is 14.2. The SMILES string of the molecule is C1=CCC[C@@H]2CCC=C2CC1. The van der Waals surface area contributed by atoms with Crippen molar-refractivity contribution in [3.63, 3.8) is 0 Å². The van der Waals surface area contributed by atoms with Gasteiger partial charge in [-0.15, -0.1) is 0 Å². The molecule has 0 unspecified atom stereocenters. The molecule has 2 aliphatic carbocycles. The summed E-state index contributed by atoms with van der Waals surface area (Å²) in [5.74, 6) is 0.958. The average Bonchev–Trinajstić information content (AvgIpc) is 2.35. The van der Waals surface area contributed by atoms with Crippen LogP contribution in [0.15, 0.2) is 23.8 Å². The van der Waals surface area contributed by atoms with E-state index in [9.17, 15) is 0 Å². The monoisotopic (exact) mass is 148 g/mol. The molecule has 11 heavy (non-hydrogen) atoms. The first kappa shape index (κ1) is 7.15. The Morgan fingerprint density at radius 2 is 1.82 bits per heavy atom. The quantitative estimate of drug-likeness (QED) is 0.461. The predicted octanol–water partition coefficient (Wildman–Crippen LogP) is 3.45. The van der Waals surface area contributed by atoms with Crippen molar-refractivity contribution in [1.82, 2.24) is 0 Å². The van der Waals surface area contributed by atoms with Gasteiger partial charge in [-0.05, 0) is 44.4 Å². The molecule has 0 saturated heterocycles. The molecule has 0 fully saturated rings. The molecule has 0 aromatic rings. The normalized spacial score (nSPS) is 30.5. The molecule has 0 N–H and O–H groups in total. The van der Waals surface area contributed by atoms with E-state index in [1.807, 2.05) is 0 Å². The summed E-state index contributed by atoms with van der Waals surface area (Å²) in [5.41, 5.74) is 1.76. The zero-order chi connectivity index (χ0) is 7.52. The van der Waals surface area contributed by atoms with Crippen LogP contribution < -0.4 is 0 Å². The van der Waals surface area contributed by atoms with Crippen molar-refractivity contribution in [3.8, 4) is 0 Å². The van der Waals surface area contributed by atoms with Gasteiger partial charge in [-0.25, -0.2) is 0 Å². The van der Waals surface area contributed by atoms with Crippen LogP contribution in [0.2, 0.25) is 0 Å². The van der Waals surface area contributed by atoms with Gasteiger partial charge in [0.15, 0.2) is 0 Å². The van der Waals surface area contributed by atoms with Crippen LogP contribution >= 0.6 is 0 Å². The fraction of sp³-hybridized carbons (Fsp3) is 0.636. The zero-order valence-electron chi connectivity index (χ0n) is 7.05. The van der Waals surface area contributed by atoms with Crippen LogP contribution in [0.4, 0.5) is 0 Å². The van der Waals surface area contributed by atoms with Crippen LogP contribution in [0.5, 0.6) is 0 Å².